The molecule has 0 spiro atoms. The van der Waals surface area contributed by atoms with Crippen molar-refractivity contribution in [3.63, 3.8) is 0 Å². The van der Waals surface area contributed by atoms with E-state index in [2.05, 4.69) is 29.4 Å². The number of hydrogen-bond acceptors (Lipinski definition) is 3. The predicted octanol–water partition coefficient (Wildman–Crippen LogP) is 4.85. The number of hydrogen-bond donors (Lipinski definition) is 0. The molecule has 0 aliphatic carbocycles. The highest BCUT2D eigenvalue weighted by Gasteiger charge is 2.05. The van der Waals surface area contributed by atoms with Crippen LogP contribution in [0.1, 0.15) is 11.1 Å². The summed E-state index contributed by atoms with van der Waals surface area (Å²) in [7, 11) is 0. The normalized spacial score (nSPS) is 12.1. The van der Waals surface area contributed by atoms with E-state index in [0.717, 1.165) is 11.3 Å². The molecule has 98 valence electrons. The summed E-state index contributed by atoms with van der Waals surface area (Å²) in [6, 6.07) is 18.4. The molecule has 0 radical (unpaired) electrons. The number of benzene rings is 2. The molecule has 2 aromatic carbocycles. The van der Waals surface area contributed by atoms with Gasteiger partial charge in [0.2, 0.25) is 0 Å². The van der Waals surface area contributed by atoms with Gasteiger partial charge in [0.25, 0.3) is 0 Å². The topological polar surface area (TPSA) is 29.4 Å². The summed E-state index contributed by atoms with van der Waals surface area (Å²) in [6.45, 7) is 0. The molecule has 0 fully saturated rings. The van der Waals surface area contributed by atoms with E-state index in [-0.39, 0.29) is 0 Å². The number of rotatable bonds is 6. The van der Waals surface area contributed by atoms with Gasteiger partial charge in [-0.25, -0.2) is 0 Å². The minimum Gasteiger partial charge on any atom is -0.149 e. The van der Waals surface area contributed by atoms with Crippen molar-refractivity contribution in [1.29, 1.82) is 0 Å². The molecule has 0 aliphatic heterocycles. The maximum absolute atomic E-state index is 10.2. The molecule has 0 saturated carbocycles. The highest BCUT2D eigenvalue weighted by atomic mass is 35.5. The van der Waals surface area contributed by atoms with Crippen LogP contribution in [0, 0.1) is 4.91 Å². The molecule has 0 heterocycles. The van der Waals surface area contributed by atoms with Crippen molar-refractivity contribution in [2.75, 3.05) is 0 Å². The fraction of sp³-hybridized carbons (Fsp3) is 0.200. The highest BCUT2D eigenvalue weighted by Crippen LogP contribution is 2.23. The fourth-order valence-electron chi connectivity index (χ4n) is 1.69. The summed E-state index contributed by atoms with van der Waals surface area (Å²) >= 11 is 7.49. The quantitative estimate of drug-likeness (QED) is 0.329. The summed E-state index contributed by atoms with van der Waals surface area (Å²) in [6.07, 6.45) is 0.481. The van der Waals surface area contributed by atoms with E-state index >= 15 is 0 Å². The van der Waals surface area contributed by atoms with Crippen LogP contribution >= 0.6 is 23.4 Å². The number of nitroso groups, excluding NO2 is 1. The van der Waals surface area contributed by atoms with Crippen molar-refractivity contribution >= 4 is 23.4 Å². The molecule has 4 heteroatoms. The first-order valence-electron chi connectivity index (χ1n) is 6.00. The Morgan fingerprint density at radius 2 is 1.68 bits per heavy atom. The molecule has 1 atom stereocenters. The van der Waals surface area contributed by atoms with Gasteiger partial charge in [0.15, 0.2) is 5.50 Å². The Morgan fingerprint density at radius 1 is 1.00 bits per heavy atom. The number of alkyl halides is 1. The standard InChI is InChI=1S/C15H14ClNOS/c16-15(17-18)10-12-6-8-14(9-7-12)19-11-13-4-2-1-3-5-13/h1-9,15H,10-11H2. The van der Waals surface area contributed by atoms with Gasteiger partial charge in [-0.05, 0) is 28.4 Å². The third-order valence-electron chi connectivity index (χ3n) is 2.69. The summed E-state index contributed by atoms with van der Waals surface area (Å²) in [5, 5.41) is 2.79. The molecule has 19 heavy (non-hydrogen) atoms. The smallest absolute Gasteiger partial charge is 0.149 e. The van der Waals surface area contributed by atoms with Gasteiger partial charge < -0.3 is 0 Å². The molecular weight excluding hydrogens is 278 g/mol. The zero-order valence-corrected chi connectivity index (χ0v) is 11.9. The predicted molar refractivity (Wildman–Crippen MR) is 81.6 cm³/mol. The molecule has 0 bridgehead atoms. The number of halogens is 1. The number of thioether (sulfide) groups is 1. The van der Waals surface area contributed by atoms with Gasteiger partial charge in [-0.2, -0.15) is 0 Å². The monoisotopic (exact) mass is 291 g/mol. The van der Waals surface area contributed by atoms with E-state index in [1.165, 1.54) is 10.5 Å². The molecule has 0 saturated heterocycles. The van der Waals surface area contributed by atoms with E-state index in [4.69, 9.17) is 11.6 Å². The van der Waals surface area contributed by atoms with E-state index in [1.807, 2.05) is 30.3 Å². The lowest BCUT2D eigenvalue weighted by Gasteiger charge is -2.05. The lowest BCUT2D eigenvalue weighted by Crippen LogP contribution is -1.97. The van der Waals surface area contributed by atoms with Gasteiger partial charge in [0.05, 0.1) is 0 Å². The molecule has 2 nitrogen and oxygen atoms in total. The van der Waals surface area contributed by atoms with Crippen molar-refractivity contribution < 1.29 is 0 Å². The van der Waals surface area contributed by atoms with E-state index in [1.54, 1.807) is 11.8 Å². The van der Waals surface area contributed by atoms with Crippen molar-refractivity contribution in [3.05, 3.63) is 70.6 Å². The Bertz CT molecular complexity index is 515. The van der Waals surface area contributed by atoms with Crippen molar-refractivity contribution in [1.82, 2.24) is 0 Å². The molecular formula is C15H14ClNOS. The minimum atomic E-state index is -0.678. The highest BCUT2D eigenvalue weighted by molar-refractivity contribution is 7.98. The van der Waals surface area contributed by atoms with Crippen LogP contribution in [0.5, 0.6) is 0 Å². The molecule has 0 aromatic heterocycles. The van der Waals surface area contributed by atoms with Gasteiger partial charge in [-0.15, -0.1) is 16.7 Å². The first kappa shape index (κ1) is 14.1. The lowest BCUT2D eigenvalue weighted by molar-refractivity contribution is 0.882. The molecule has 0 aliphatic rings. The Kier molecular flexibility index (Phi) is 5.43. The Labute approximate surface area is 122 Å². The maximum Gasteiger partial charge on any atom is 0.169 e. The second-order valence-corrected chi connectivity index (χ2v) is 5.71. The molecule has 0 amide bonds. The Balaban J connectivity index is 1.90. The third kappa shape index (κ3) is 4.69. The van der Waals surface area contributed by atoms with Crippen LogP contribution in [0.2, 0.25) is 0 Å². The summed E-state index contributed by atoms with van der Waals surface area (Å²) < 4.78 is 0. The van der Waals surface area contributed by atoms with Crippen LogP contribution < -0.4 is 0 Å². The van der Waals surface area contributed by atoms with Gasteiger partial charge in [0, 0.05) is 17.1 Å². The molecule has 0 N–H and O–H groups in total. The fourth-order valence-corrected chi connectivity index (χ4v) is 2.73. The average molecular weight is 292 g/mol. The average Bonchev–Trinajstić information content (AvgIpc) is 2.47. The largest absolute Gasteiger partial charge is 0.169 e. The number of nitrogens with zero attached hydrogens (tertiary/aromatic N) is 1. The first-order valence-corrected chi connectivity index (χ1v) is 7.42. The minimum absolute atomic E-state index is 0.481. The van der Waals surface area contributed by atoms with Crippen molar-refractivity contribution in [2.45, 2.75) is 22.6 Å². The SMILES string of the molecule is O=NC(Cl)Cc1ccc(SCc2ccccc2)cc1. The summed E-state index contributed by atoms with van der Waals surface area (Å²) in [5.41, 5.74) is 1.66. The zero-order valence-electron chi connectivity index (χ0n) is 10.3. The van der Waals surface area contributed by atoms with Gasteiger partial charge >= 0.3 is 0 Å². The van der Waals surface area contributed by atoms with Crippen molar-refractivity contribution in [2.24, 2.45) is 5.18 Å². The van der Waals surface area contributed by atoms with Crippen LogP contribution in [0.15, 0.2) is 64.7 Å². The van der Waals surface area contributed by atoms with E-state index < -0.39 is 5.50 Å². The molecule has 2 rings (SSSR count). The van der Waals surface area contributed by atoms with Crippen LogP contribution in [0.4, 0.5) is 0 Å². The molecule has 2 aromatic rings. The van der Waals surface area contributed by atoms with Crippen LogP contribution in [0.3, 0.4) is 0 Å². The maximum atomic E-state index is 10.2. The van der Waals surface area contributed by atoms with E-state index in [0.29, 0.717) is 6.42 Å². The van der Waals surface area contributed by atoms with Crippen LogP contribution in [-0.4, -0.2) is 5.50 Å². The zero-order chi connectivity index (χ0) is 13.5. The van der Waals surface area contributed by atoms with Crippen molar-refractivity contribution in [3.8, 4) is 0 Å². The summed E-state index contributed by atoms with van der Waals surface area (Å²) in [4.78, 5) is 11.5. The van der Waals surface area contributed by atoms with Crippen LogP contribution in [-0.2, 0) is 12.2 Å². The second-order valence-electron chi connectivity index (χ2n) is 4.16. The van der Waals surface area contributed by atoms with Gasteiger partial charge in [-0.3, -0.25) is 0 Å². The Hall–Kier alpha value is -1.32. The second kappa shape index (κ2) is 7.31. The first-order chi connectivity index (χ1) is 9.28. The van der Waals surface area contributed by atoms with Crippen LogP contribution in [0.25, 0.3) is 0 Å². The van der Waals surface area contributed by atoms with E-state index in [9.17, 15) is 4.91 Å². The van der Waals surface area contributed by atoms with Gasteiger partial charge in [-0.1, -0.05) is 54.1 Å². The lowest BCUT2D eigenvalue weighted by atomic mass is 10.1. The van der Waals surface area contributed by atoms with Gasteiger partial charge in [0.1, 0.15) is 0 Å². The summed E-state index contributed by atoms with van der Waals surface area (Å²) in [5.74, 6) is 0.953. The third-order valence-corrected chi connectivity index (χ3v) is 4.01. The Morgan fingerprint density at radius 3 is 2.32 bits per heavy atom. The molecule has 1 unspecified atom stereocenters.